The normalized spacial score (nSPS) is 12.2. The second-order valence-corrected chi connectivity index (χ2v) is 3.78. The van der Waals surface area contributed by atoms with E-state index in [0.29, 0.717) is 13.0 Å². The van der Waals surface area contributed by atoms with Gasteiger partial charge in [0.15, 0.2) is 0 Å². The lowest BCUT2D eigenvalue weighted by Crippen LogP contribution is -2.12. The van der Waals surface area contributed by atoms with Crippen LogP contribution in [0.25, 0.3) is 0 Å². The van der Waals surface area contributed by atoms with Gasteiger partial charge in [-0.3, -0.25) is 10.1 Å². The Bertz CT molecular complexity index is 606. The maximum atomic E-state index is 10.6. The number of hydrogen-bond donors (Lipinski definition) is 0. The fraction of sp³-hybridized carbons (Fsp3) is 0.167. The molecular formula is C12H8N4O2. The van der Waals surface area contributed by atoms with Gasteiger partial charge in [-0.1, -0.05) is 0 Å². The average molecular weight is 240 g/mol. The molecule has 0 radical (unpaired) electrons. The van der Waals surface area contributed by atoms with Crippen LogP contribution >= 0.6 is 0 Å². The Morgan fingerprint density at radius 2 is 2.17 bits per heavy atom. The molecule has 0 saturated carbocycles. The predicted octanol–water partition coefficient (Wildman–Crippen LogP) is 1.89. The minimum atomic E-state index is -0.436. The fourth-order valence-corrected chi connectivity index (χ4v) is 1.90. The van der Waals surface area contributed by atoms with E-state index in [9.17, 15) is 10.1 Å². The van der Waals surface area contributed by atoms with Crippen LogP contribution in [-0.2, 0) is 6.42 Å². The highest BCUT2D eigenvalue weighted by molar-refractivity contribution is 5.64. The predicted molar refractivity (Wildman–Crippen MR) is 63.5 cm³/mol. The second kappa shape index (κ2) is 4.56. The molecule has 0 N–H and O–H groups in total. The van der Waals surface area contributed by atoms with Gasteiger partial charge in [0.1, 0.15) is 17.7 Å². The number of non-ortho nitro benzene ring substituents is 1. The van der Waals surface area contributed by atoms with Gasteiger partial charge < -0.3 is 4.90 Å². The van der Waals surface area contributed by atoms with Crippen LogP contribution in [0.15, 0.2) is 30.0 Å². The Labute approximate surface area is 103 Å². The minimum absolute atomic E-state index is 0.0150. The van der Waals surface area contributed by atoms with E-state index in [4.69, 9.17) is 10.5 Å². The highest BCUT2D eigenvalue weighted by Crippen LogP contribution is 2.31. The summed E-state index contributed by atoms with van der Waals surface area (Å²) in [5.74, 6) is 0. The summed E-state index contributed by atoms with van der Waals surface area (Å²) in [6, 6.07) is 8.17. The molecule has 18 heavy (non-hydrogen) atoms. The van der Waals surface area contributed by atoms with Gasteiger partial charge in [0.05, 0.1) is 4.92 Å². The molecule has 0 atom stereocenters. The fourth-order valence-electron chi connectivity index (χ4n) is 1.90. The molecule has 6 nitrogen and oxygen atoms in total. The number of anilines is 1. The van der Waals surface area contributed by atoms with Crippen molar-refractivity contribution >= 4 is 11.4 Å². The molecule has 0 unspecified atom stereocenters. The highest BCUT2D eigenvalue weighted by Gasteiger charge is 2.20. The standard InChI is InChI=1S/C12H8N4O2/c13-6-9(7-14)8-15-4-3-10-5-11(16(17)18)1-2-12(10)15/h1-2,5,8H,3-4H2. The average Bonchev–Trinajstić information content (AvgIpc) is 2.78. The summed E-state index contributed by atoms with van der Waals surface area (Å²) in [5, 5.41) is 28.0. The van der Waals surface area contributed by atoms with E-state index in [-0.39, 0.29) is 11.3 Å². The highest BCUT2D eigenvalue weighted by atomic mass is 16.6. The molecule has 0 aromatic heterocycles. The molecule has 0 fully saturated rings. The first-order chi connectivity index (χ1) is 8.65. The SMILES string of the molecule is N#CC(C#N)=CN1CCc2cc([N+](=O)[O-])ccc21. The van der Waals surface area contributed by atoms with Crippen LogP contribution in [0.4, 0.5) is 11.4 Å². The Balaban J connectivity index is 2.36. The lowest BCUT2D eigenvalue weighted by atomic mass is 10.1. The van der Waals surface area contributed by atoms with E-state index in [2.05, 4.69) is 0 Å². The Hall–Kier alpha value is -2.86. The zero-order chi connectivity index (χ0) is 13.1. The third-order valence-corrected chi connectivity index (χ3v) is 2.73. The largest absolute Gasteiger partial charge is 0.345 e. The van der Waals surface area contributed by atoms with Gasteiger partial charge in [-0.2, -0.15) is 10.5 Å². The number of nitrogens with zero attached hydrogens (tertiary/aromatic N) is 4. The molecule has 88 valence electrons. The Morgan fingerprint density at radius 3 is 2.78 bits per heavy atom. The molecule has 1 aliphatic heterocycles. The molecule has 0 spiro atoms. The van der Waals surface area contributed by atoms with Crippen molar-refractivity contribution in [3.63, 3.8) is 0 Å². The summed E-state index contributed by atoms with van der Waals surface area (Å²) in [5.41, 5.74) is 1.74. The van der Waals surface area contributed by atoms with Gasteiger partial charge in [-0.15, -0.1) is 0 Å². The van der Waals surface area contributed by atoms with Crippen molar-refractivity contribution in [2.45, 2.75) is 6.42 Å². The van der Waals surface area contributed by atoms with E-state index in [1.165, 1.54) is 18.3 Å². The molecule has 6 heteroatoms. The monoisotopic (exact) mass is 240 g/mol. The molecule has 0 amide bonds. The van der Waals surface area contributed by atoms with Crippen molar-refractivity contribution in [3.05, 3.63) is 45.6 Å². The quantitative estimate of drug-likeness (QED) is 0.447. The van der Waals surface area contributed by atoms with Crippen LogP contribution in [0, 0.1) is 32.8 Å². The van der Waals surface area contributed by atoms with Crippen LogP contribution < -0.4 is 4.90 Å². The van der Waals surface area contributed by atoms with E-state index < -0.39 is 4.92 Å². The summed E-state index contributed by atoms with van der Waals surface area (Å²) in [4.78, 5) is 12.0. The Kier molecular flexibility index (Phi) is 2.94. The van der Waals surface area contributed by atoms with Crippen molar-refractivity contribution in [3.8, 4) is 12.1 Å². The van der Waals surface area contributed by atoms with Gasteiger partial charge in [0.2, 0.25) is 0 Å². The molecule has 0 saturated heterocycles. The third kappa shape index (κ3) is 2.00. The smallest absolute Gasteiger partial charge is 0.269 e. The van der Waals surface area contributed by atoms with Crippen molar-refractivity contribution < 1.29 is 4.92 Å². The Morgan fingerprint density at radius 1 is 1.44 bits per heavy atom. The number of fused-ring (bicyclic) bond motifs is 1. The van der Waals surface area contributed by atoms with Gasteiger partial charge in [-0.25, -0.2) is 0 Å². The maximum absolute atomic E-state index is 10.6. The van der Waals surface area contributed by atoms with Gasteiger partial charge in [-0.05, 0) is 18.1 Å². The lowest BCUT2D eigenvalue weighted by molar-refractivity contribution is -0.384. The van der Waals surface area contributed by atoms with Gasteiger partial charge in [0.25, 0.3) is 5.69 Å². The summed E-state index contributed by atoms with van der Waals surface area (Å²) in [6.07, 6.45) is 2.13. The van der Waals surface area contributed by atoms with Crippen molar-refractivity contribution in [2.75, 3.05) is 11.4 Å². The zero-order valence-corrected chi connectivity index (χ0v) is 9.33. The van der Waals surface area contributed by atoms with Crippen molar-refractivity contribution in [2.24, 2.45) is 0 Å². The first-order valence-electron chi connectivity index (χ1n) is 5.21. The number of rotatable bonds is 2. The van der Waals surface area contributed by atoms with Crippen LogP contribution in [0.2, 0.25) is 0 Å². The maximum Gasteiger partial charge on any atom is 0.269 e. The van der Waals surface area contributed by atoms with Crippen molar-refractivity contribution in [1.82, 2.24) is 0 Å². The van der Waals surface area contributed by atoms with Crippen LogP contribution in [-0.4, -0.2) is 11.5 Å². The van der Waals surface area contributed by atoms with Crippen LogP contribution in [0.3, 0.4) is 0 Å². The molecule has 2 rings (SSSR count). The van der Waals surface area contributed by atoms with E-state index >= 15 is 0 Å². The zero-order valence-electron chi connectivity index (χ0n) is 9.33. The van der Waals surface area contributed by atoms with Crippen LogP contribution in [0.1, 0.15) is 5.56 Å². The third-order valence-electron chi connectivity index (χ3n) is 2.73. The van der Waals surface area contributed by atoms with E-state index in [1.54, 1.807) is 23.1 Å². The second-order valence-electron chi connectivity index (χ2n) is 3.78. The molecule has 0 bridgehead atoms. The number of nitro groups is 1. The number of nitriles is 2. The summed E-state index contributed by atoms with van der Waals surface area (Å²) in [7, 11) is 0. The number of nitro benzene ring substituents is 1. The lowest BCUT2D eigenvalue weighted by Gasteiger charge is -2.13. The molecule has 1 aromatic rings. The van der Waals surface area contributed by atoms with Crippen molar-refractivity contribution in [1.29, 1.82) is 10.5 Å². The molecular weight excluding hydrogens is 232 g/mol. The molecule has 0 aliphatic carbocycles. The minimum Gasteiger partial charge on any atom is -0.345 e. The summed E-state index contributed by atoms with van der Waals surface area (Å²) >= 11 is 0. The van der Waals surface area contributed by atoms with E-state index in [0.717, 1.165) is 11.3 Å². The number of allylic oxidation sites excluding steroid dienone is 1. The first kappa shape index (κ1) is 11.6. The summed E-state index contributed by atoms with van der Waals surface area (Å²) in [6.45, 7) is 0.614. The molecule has 1 aromatic carbocycles. The molecule has 1 aliphatic rings. The van der Waals surface area contributed by atoms with Gasteiger partial charge >= 0.3 is 0 Å². The van der Waals surface area contributed by atoms with Gasteiger partial charge in [0, 0.05) is 30.6 Å². The number of hydrogen-bond acceptors (Lipinski definition) is 5. The summed E-state index contributed by atoms with van der Waals surface area (Å²) < 4.78 is 0. The molecule has 1 heterocycles. The van der Waals surface area contributed by atoms with E-state index in [1.807, 2.05) is 0 Å². The topological polar surface area (TPSA) is 94.0 Å². The number of benzene rings is 1. The van der Waals surface area contributed by atoms with Crippen LogP contribution in [0.5, 0.6) is 0 Å². The first-order valence-corrected chi connectivity index (χ1v) is 5.21.